The molecule has 1 aromatic heterocycles. The van der Waals surface area contributed by atoms with Crippen molar-refractivity contribution in [3.8, 4) is 5.75 Å². The number of anilines is 1. The maximum absolute atomic E-state index is 13.9. The number of urea groups is 1. The molecule has 4 aliphatic rings. The summed E-state index contributed by atoms with van der Waals surface area (Å²) in [6, 6.07) is 1.54. The number of hydrogen-bond acceptors (Lipinski definition) is 13. The third-order valence-electron chi connectivity index (χ3n) is 7.49. The number of thioether (sulfide) groups is 2. The molecule has 4 amide bonds. The fourth-order valence-electron chi connectivity index (χ4n) is 5.17. The van der Waals surface area contributed by atoms with Gasteiger partial charge >= 0.3 is 35.6 Å². The molecule has 3 aliphatic heterocycles. The average Bonchev–Trinajstić information content (AvgIpc) is 3.78. The zero-order valence-electron chi connectivity index (χ0n) is 24.6. The number of carbonyl (C=O) groups excluding carboxylic acids is 4. The fourth-order valence-corrected chi connectivity index (χ4v) is 8.54. The van der Waals surface area contributed by atoms with Gasteiger partial charge in [0.1, 0.15) is 34.7 Å². The van der Waals surface area contributed by atoms with Crippen LogP contribution in [0.4, 0.5) is 10.5 Å². The molecule has 3 atom stereocenters. The Balaban J connectivity index is 0.00000417. The molecule has 15 nitrogen and oxygen atoms in total. The van der Waals surface area contributed by atoms with Gasteiger partial charge in [-0.2, -0.15) is 4.41 Å². The minimum absolute atomic E-state index is 0. The van der Waals surface area contributed by atoms with E-state index in [2.05, 4.69) is 20.7 Å². The number of aromatic nitrogens is 2. The van der Waals surface area contributed by atoms with Gasteiger partial charge in [-0.25, -0.2) is 9.78 Å². The molecule has 46 heavy (non-hydrogen) atoms. The van der Waals surface area contributed by atoms with E-state index in [4.69, 9.17) is 5.73 Å². The summed E-state index contributed by atoms with van der Waals surface area (Å²) in [4.78, 5) is 74.2. The predicted octanol–water partition coefficient (Wildman–Crippen LogP) is -2.98. The second-order valence-electron chi connectivity index (χ2n) is 10.6. The van der Waals surface area contributed by atoms with Crippen LogP contribution in [-0.4, -0.2) is 78.2 Å². The molecule has 1 saturated carbocycles. The minimum atomic E-state index is -1.54. The van der Waals surface area contributed by atoms with Crippen LogP contribution in [-0.2, 0) is 14.4 Å². The van der Waals surface area contributed by atoms with E-state index in [1.807, 2.05) is 7.05 Å². The molecule has 6 rings (SSSR count). The first-order valence-electron chi connectivity index (χ1n) is 13.7. The number of fused-ring (bicyclic) bond motifs is 1. The molecule has 1 aromatic carbocycles. The molecule has 0 spiro atoms. The summed E-state index contributed by atoms with van der Waals surface area (Å²) >= 11 is 4.15. The number of carbonyl (C=O) groups is 4. The van der Waals surface area contributed by atoms with Crippen molar-refractivity contribution in [2.24, 2.45) is 5.73 Å². The Morgan fingerprint density at radius 2 is 1.98 bits per heavy atom. The van der Waals surface area contributed by atoms with Gasteiger partial charge in [-0.05, 0) is 48.1 Å². The third-order valence-corrected chi connectivity index (χ3v) is 11.0. The Labute approximate surface area is 297 Å². The van der Waals surface area contributed by atoms with Crippen molar-refractivity contribution in [1.29, 1.82) is 0 Å². The van der Waals surface area contributed by atoms with E-state index >= 15 is 0 Å². The summed E-state index contributed by atoms with van der Waals surface area (Å²) in [5.74, 6) is -1.96. The van der Waals surface area contributed by atoms with Crippen molar-refractivity contribution in [2.75, 3.05) is 23.5 Å². The Kier molecular flexibility index (Phi) is 10.4. The van der Waals surface area contributed by atoms with E-state index in [0.717, 1.165) is 26.9 Å². The normalized spacial score (nSPS) is 21.3. The number of rotatable bonds is 10. The molecule has 2 fully saturated rings. The number of aliphatic carboxylic acids is 1. The molecule has 19 heteroatoms. The number of aromatic amines is 1. The van der Waals surface area contributed by atoms with Gasteiger partial charge in [0.15, 0.2) is 0 Å². The molecule has 2 aromatic rings. The van der Waals surface area contributed by atoms with Gasteiger partial charge in [0, 0.05) is 30.7 Å². The van der Waals surface area contributed by atoms with Gasteiger partial charge in [-0.15, -0.1) is 23.5 Å². The van der Waals surface area contributed by atoms with E-state index in [0.29, 0.717) is 17.2 Å². The Hall–Kier alpha value is -3.13. The largest absolute Gasteiger partial charge is 1.00 e. The Morgan fingerprint density at radius 3 is 2.57 bits per heavy atom. The van der Waals surface area contributed by atoms with Crippen LogP contribution in [0.5, 0.6) is 5.75 Å². The minimum Gasteiger partial charge on any atom is -0.543 e. The van der Waals surface area contributed by atoms with Crippen LogP contribution < -0.4 is 61.6 Å². The number of carboxylic acids is 1. The predicted molar refractivity (Wildman–Crippen MR) is 166 cm³/mol. The standard InChI is InChI=1S/C27H28N8O7S3.Na/c1-33-30-9-17(45-33)43-10-14-11-44-25-18(24(39)35(25)20(14)26(40)41)31-23(38)19(12-4-6-15(36)7-5-12)34(27(28)42)16-8-29-21(13-2-3-13)32-22(16)37;/h4-9,13,18-19,25,30,36H,2-3,10-11H2,1H3,(H2,28,42)(H,31,38)(H,40,41)(H,29,32,37);/q;+1/p-1/t18?,19?,25-;/m0./s1. The zero-order chi connectivity index (χ0) is 32.0. The van der Waals surface area contributed by atoms with Gasteiger partial charge in [0.25, 0.3) is 11.5 Å². The van der Waals surface area contributed by atoms with Gasteiger partial charge in [-0.1, -0.05) is 12.1 Å². The van der Waals surface area contributed by atoms with Crippen LogP contribution in [0.1, 0.15) is 36.2 Å². The number of benzene rings is 1. The number of aromatic hydroxyl groups is 1. The number of carboxylic acid groups (broad SMARTS) is 1. The van der Waals surface area contributed by atoms with E-state index in [1.165, 1.54) is 65.9 Å². The summed E-state index contributed by atoms with van der Waals surface area (Å²) in [5, 5.41) is 23.9. The molecule has 6 N–H and O–H groups in total. The monoisotopic (exact) mass is 694 g/mol. The number of nitrogens with zero attached hydrogens (tertiary/aromatic N) is 4. The van der Waals surface area contributed by atoms with Crippen LogP contribution in [0.3, 0.4) is 0 Å². The van der Waals surface area contributed by atoms with Gasteiger partial charge < -0.3 is 36.5 Å². The molecule has 1 saturated heterocycles. The fraction of sp³-hybridized carbons (Fsp3) is 0.333. The van der Waals surface area contributed by atoms with Crippen molar-refractivity contribution in [1.82, 2.24) is 30.0 Å². The first-order valence-corrected chi connectivity index (χ1v) is 16.5. The maximum atomic E-state index is 13.9. The van der Waals surface area contributed by atoms with Crippen molar-refractivity contribution in [3.63, 3.8) is 0 Å². The van der Waals surface area contributed by atoms with Crippen LogP contribution >= 0.6 is 35.5 Å². The van der Waals surface area contributed by atoms with Gasteiger partial charge in [-0.3, -0.25) is 24.2 Å². The summed E-state index contributed by atoms with van der Waals surface area (Å²) in [5.41, 5.74) is 8.23. The third kappa shape index (κ3) is 6.78. The van der Waals surface area contributed by atoms with E-state index in [-0.39, 0.29) is 63.9 Å². The Bertz CT molecular complexity index is 1700. The van der Waals surface area contributed by atoms with E-state index in [1.54, 1.807) is 10.6 Å². The molecule has 236 valence electrons. The maximum Gasteiger partial charge on any atom is 1.00 e. The molecule has 1 aliphatic carbocycles. The topological polar surface area (TPSA) is 217 Å². The first kappa shape index (κ1) is 34.2. The quantitative estimate of drug-likeness (QED) is 0.0955. The van der Waals surface area contributed by atoms with Crippen LogP contribution in [0.2, 0.25) is 0 Å². The summed E-state index contributed by atoms with van der Waals surface area (Å²) < 4.78 is 2.71. The average molecular weight is 695 g/mol. The van der Waals surface area contributed by atoms with Crippen LogP contribution in [0.25, 0.3) is 0 Å². The number of amides is 4. The zero-order valence-corrected chi connectivity index (χ0v) is 29.0. The second kappa shape index (κ2) is 13.9. The number of nitrogens with one attached hydrogen (secondary N) is 3. The van der Waals surface area contributed by atoms with E-state index in [9.17, 15) is 34.2 Å². The van der Waals surface area contributed by atoms with Crippen LogP contribution in [0.15, 0.2) is 57.0 Å². The number of nitrogens with two attached hydrogens (primary N) is 1. The number of primary amides is 1. The van der Waals surface area contributed by atoms with Crippen molar-refractivity contribution in [2.45, 2.75) is 36.2 Å². The molecular formula is C27H27N8NaO7S3. The van der Waals surface area contributed by atoms with Gasteiger partial charge in [0.05, 0.1) is 22.1 Å². The SMILES string of the molecule is CN1NC=C(SCC2=C(C(=O)[O-])N3C(=O)C(NC(=O)C(c4ccc(O)cc4)N(C(N)=O)c4cnc(C5CC5)[nH]c4=O)[C@@H]3SC2)S1.[Na+]. The molecular weight excluding hydrogens is 668 g/mol. The summed E-state index contributed by atoms with van der Waals surface area (Å²) in [6.45, 7) is 0. The van der Waals surface area contributed by atoms with Crippen LogP contribution in [0, 0.1) is 0 Å². The summed E-state index contributed by atoms with van der Waals surface area (Å²) in [7, 11) is 1.84. The molecule has 4 heterocycles. The van der Waals surface area contributed by atoms with Gasteiger partial charge in [0.2, 0.25) is 5.91 Å². The molecule has 2 unspecified atom stereocenters. The Morgan fingerprint density at radius 1 is 1.26 bits per heavy atom. The number of hydrogen-bond donors (Lipinski definition) is 5. The number of phenolic OH excluding ortho intramolecular Hbond substituents is 1. The molecule has 0 radical (unpaired) electrons. The number of phenols is 1. The van der Waals surface area contributed by atoms with Crippen molar-refractivity contribution >= 4 is 65.0 Å². The summed E-state index contributed by atoms with van der Waals surface area (Å²) in [6.07, 6.45) is 4.70. The molecule has 0 bridgehead atoms. The number of β-lactam (4-membered cyclic amide) rings is 1. The van der Waals surface area contributed by atoms with E-state index < -0.39 is 46.8 Å². The van der Waals surface area contributed by atoms with Crippen molar-refractivity contribution in [3.05, 3.63) is 73.9 Å². The van der Waals surface area contributed by atoms with Crippen molar-refractivity contribution < 1.29 is 58.9 Å². The smallest absolute Gasteiger partial charge is 0.543 e. The number of H-pyrrole nitrogens is 1. The second-order valence-corrected chi connectivity index (χ2v) is 14.1. The first-order chi connectivity index (χ1) is 21.5. The number of hydrazine groups is 1.